The highest BCUT2D eigenvalue weighted by Crippen LogP contribution is 2.41. The summed E-state index contributed by atoms with van der Waals surface area (Å²) in [4.78, 5) is 5.14. The molecule has 1 N–H and O–H groups in total. The molecule has 0 radical (unpaired) electrons. The van der Waals surface area contributed by atoms with Crippen LogP contribution in [0.5, 0.6) is 0 Å². The Bertz CT molecular complexity index is 916. The van der Waals surface area contributed by atoms with E-state index in [1.54, 1.807) is 0 Å². The van der Waals surface area contributed by atoms with Crippen molar-refractivity contribution in [3.63, 3.8) is 0 Å². The van der Waals surface area contributed by atoms with Crippen LogP contribution in [0, 0.1) is 0 Å². The van der Waals surface area contributed by atoms with Gasteiger partial charge in [-0.1, -0.05) is 27.2 Å². The Morgan fingerprint density at radius 2 is 1.88 bits per heavy atom. The molecule has 7 heteroatoms. The summed E-state index contributed by atoms with van der Waals surface area (Å²) in [7, 11) is 1.95. The second-order valence-corrected chi connectivity index (χ2v) is 8.06. The maximum Gasteiger partial charge on any atom is 0.207 e. The minimum atomic E-state index is -0.138. The first kappa shape index (κ1) is 16.9. The average molecular weight is 351 g/mol. The molecule has 3 aromatic heterocycles. The number of tetrazole rings is 1. The summed E-state index contributed by atoms with van der Waals surface area (Å²) in [6.45, 7) is 6.55. The SMILES string of the molecule is Cn1ccc(-c2c3c(nc(C(C)(C)C)c2-c2nn[nH]n2)CCCCC3)n1. The first-order valence-electron chi connectivity index (χ1n) is 9.25. The number of hydrogen-bond donors (Lipinski definition) is 1. The monoisotopic (exact) mass is 351 g/mol. The molecule has 1 aliphatic carbocycles. The maximum absolute atomic E-state index is 5.14. The lowest BCUT2D eigenvalue weighted by Crippen LogP contribution is -2.19. The fourth-order valence-corrected chi connectivity index (χ4v) is 3.78. The molecule has 0 aromatic carbocycles. The first-order chi connectivity index (χ1) is 12.4. The number of rotatable bonds is 2. The summed E-state index contributed by atoms with van der Waals surface area (Å²) in [6.07, 6.45) is 7.62. The third-order valence-electron chi connectivity index (χ3n) is 4.97. The van der Waals surface area contributed by atoms with Gasteiger partial charge < -0.3 is 0 Å². The number of nitrogens with one attached hydrogen (secondary N) is 1. The third kappa shape index (κ3) is 2.91. The van der Waals surface area contributed by atoms with Gasteiger partial charge in [-0.05, 0) is 42.5 Å². The smallest absolute Gasteiger partial charge is 0.207 e. The van der Waals surface area contributed by atoms with Gasteiger partial charge in [-0.2, -0.15) is 10.3 Å². The zero-order chi connectivity index (χ0) is 18.3. The highest BCUT2D eigenvalue weighted by Gasteiger charge is 2.31. The maximum atomic E-state index is 5.14. The van der Waals surface area contributed by atoms with Crippen molar-refractivity contribution < 1.29 is 0 Å². The molecule has 26 heavy (non-hydrogen) atoms. The van der Waals surface area contributed by atoms with Crippen LogP contribution in [0.15, 0.2) is 12.3 Å². The van der Waals surface area contributed by atoms with E-state index in [0.717, 1.165) is 35.4 Å². The quantitative estimate of drug-likeness (QED) is 0.717. The van der Waals surface area contributed by atoms with E-state index >= 15 is 0 Å². The molecule has 0 amide bonds. The summed E-state index contributed by atoms with van der Waals surface area (Å²) in [6, 6.07) is 2.07. The van der Waals surface area contributed by atoms with Gasteiger partial charge in [-0.3, -0.25) is 9.67 Å². The molecule has 0 saturated heterocycles. The molecule has 3 heterocycles. The van der Waals surface area contributed by atoms with E-state index in [-0.39, 0.29) is 5.41 Å². The van der Waals surface area contributed by atoms with Gasteiger partial charge >= 0.3 is 0 Å². The van der Waals surface area contributed by atoms with Gasteiger partial charge in [0.15, 0.2) is 0 Å². The van der Waals surface area contributed by atoms with Crippen LogP contribution < -0.4 is 0 Å². The molecule has 4 rings (SSSR count). The highest BCUT2D eigenvalue weighted by atomic mass is 15.5. The molecule has 0 aliphatic heterocycles. The van der Waals surface area contributed by atoms with Crippen molar-refractivity contribution in [1.29, 1.82) is 0 Å². The molecular weight excluding hydrogens is 326 g/mol. The van der Waals surface area contributed by atoms with Crippen LogP contribution in [0.2, 0.25) is 0 Å². The Labute approximate surface area is 153 Å². The standard InChI is InChI=1S/C19H25N7/c1-19(2,3)17-16(18-21-24-25-22-18)15(14-10-11-26(4)23-14)12-8-6-5-7-9-13(12)20-17/h10-11H,5-9H2,1-4H3,(H,21,22,24,25). The van der Waals surface area contributed by atoms with Crippen LogP contribution in [0.4, 0.5) is 0 Å². The largest absolute Gasteiger partial charge is 0.275 e. The van der Waals surface area contributed by atoms with Crippen LogP contribution in [0.3, 0.4) is 0 Å². The Morgan fingerprint density at radius 1 is 1.08 bits per heavy atom. The van der Waals surface area contributed by atoms with Crippen molar-refractivity contribution in [2.45, 2.75) is 58.3 Å². The number of fused-ring (bicyclic) bond motifs is 1. The van der Waals surface area contributed by atoms with Gasteiger partial charge in [0.2, 0.25) is 5.82 Å². The van der Waals surface area contributed by atoms with Gasteiger partial charge in [0.05, 0.1) is 17.0 Å². The van der Waals surface area contributed by atoms with E-state index in [9.17, 15) is 0 Å². The molecule has 3 aromatic rings. The molecule has 136 valence electrons. The summed E-state index contributed by atoms with van der Waals surface area (Å²) < 4.78 is 1.84. The lowest BCUT2D eigenvalue weighted by molar-refractivity contribution is 0.566. The topological polar surface area (TPSA) is 85.2 Å². The molecular formula is C19H25N7. The number of hydrogen-bond acceptors (Lipinski definition) is 5. The van der Waals surface area contributed by atoms with Crippen molar-refractivity contribution in [3.05, 3.63) is 29.2 Å². The first-order valence-corrected chi connectivity index (χ1v) is 9.25. The van der Waals surface area contributed by atoms with Gasteiger partial charge in [-0.15, -0.1) is 10.2 Å². The van der Waals surface area contributed by atoms with Crippen molar-refractivity contribution in [2.24, 2.45) is 7.05 Å². The lowest BCUT2D eigenvalue weighted by atomic mass is 9.83. The predicted octanol–water partition coefficient (Wildman–Crippen LogP) is 3.23. The fraction of sp³-hybridized carbons (Fsp3) is 0.526. The van der Waals surface area contributed by atoms with E-state index in [0.29, 0.717) is 5.82 Å². The number of nitrogens with zero attached hydrogens (tertiary/aromatic N) is 6. The molecule has 0 bridgehead atoms. The van der Waals surface area contributed by atoms with Crippen LogP contribution >= 0.6 is 0 Å². The Kier molecular flexibility index (Phi) is 4.09. The molecule has 0 unspecified atom stereocenters. The van der Waals surface area contributed by atoms with Crippen LogP contribution in [-0.2, 0) is 25.3 Å². The van der Waals surface area contributed by atoms with E-state index in [1.807, 2.05) is 17.9 Å². The van der Waals surface area contributed by atoms with Crippen molar-refractivity contribution in [2.75, 3.05) is 0 Å². The lowest BCUT2D eigenvalue weighted by Gasteiger charge is -2.25. The number of pyridine rings is 1. The summed E-state index contributed by atoms with van der Waals surface area (Å²) in [5, 5.41) is 19.7. The minimum Gasteiger partial charge on any atom is -0.275 e. The number of H-pyrrole nitrogens is 1. The number of aromatic amines is 1. The second kappa shape index (κ2) is 6.30. The van der Waals surface area contributed by atoms with E-state index in [2.05, 4.69) is 47.5 Å². The summed E-state index contributed by atoms with van der Waals surface area (Å²) in [5.74, 6) is 0.593. The van der Waals surface area contributed by atoms with E-state index in [4.69, 9.17) is 10.1 Å². The molecule has 0 fully saturated rings. The Hall–Kier alpha value is -2.57. The molecule has 0 atom stereocenters. The Balaban J connectivity index is 2.11. The second-order valence-electron chi connectivity index (χ2n) is 8.06. The summed E-state index contributed by atoms with van der Waals surface area (Å²) in [5.41, 5.74) is 6.43. The number of aromatic nitrogens is 7. The van der Waals surface area contributed by atoms with E-state index < -0.39 is 0 Å². The predicted molar refractivity (Wildman–Crippen MR) is 99.6 cm³/mol. The van der Waals surface area contributed by atoms with Crippen LogP contribution in [-0.4, -0.2) is 35.4 Å². The molecule has 1 aliphatic rings. The Morgan fingerprint density at radius 3 is 2.54 bits per heavy atom. The molecule has 0 spiro atoms. The highest BCUT2D eigenvalue weighted by molar-refractivity contribution is 5.84. The van der Waals surface area contributed by atoms with Crippen LogP contribution in [0.1, 0.15) is 57.0 Å². The third-order valence-corrected chi connectivity index (χ3v) is 4.97. The van der Waals surface area contributed by atoms with Gasteiger partial charge in [0.1, 0.15) is 0 Å². The van der Waals surface area contributed by atoms with Gasteiger partial charge in [-0.25, -0.2) is 0 Å². The summed E-state index contributed by atoms with van der Waals surface area (Å²) >= 11 is 0. The molecule has 0 saturated carbocycles. The van der Waals surface area contributed by atoms with Crippen molar-refractivity contribution in [1.82, 2.24) is 35.4 Å². The van der Waals surface area contributed by atoms with Gasteiger partial charge in [0, 0.05) is 29.9 Å². The zero-order valence-electron chi connectivity index (χ0n) is 15.9. The zero-order valence-corrected chi connectivity index (χ0v) is 15.9. The van der Waals surface area contributed by atoms with Gasteiger partial charge in [0.25, 0.3) is 0 Å². The molecule has 7 nitrogen and oxygen atoms in total. The van der Waals surface area contributed by atoms with Crippen molar-refractivity contribution >= 4 is 0 Å². The fourth-order valence-electron chi connectivity index (χ4n) is 3.78. The normalized spacial score (nSPS) is 14.9. The van der Waals surface area contributed by atoms with Crippen molar-refractivity contribution in [3.8, 4) is 22.6 Å². The van der Waals surface area contributed by atoms with Crippen LogP contribution in [0.25, 0.3) is 22.6 Å². The average Bonchev–Trinajstić information content (AvgIpc) is 3.19. The number of aryl methyl sites for hydroxylation is 2. The minimum absolute atomic E-state index is 0.138. The van der Waals surface area contributed by atoms with E-state index in [1.165, 1.54) is 30.5 Å².